The Hall–Kier alpha value is -3.61. The van der Waals surface area contributed by atoms with Gasteiger partial charge in [-0.1, -0.05) is 35.9 Å². The van der Waals surface area contributed by atoms with E-state index in [2.05, 4.69) is 34.3 Å². The number of para-hydroxylation sites is 1. The van der Waals surface area contributed by atoms with Gasteiger partial charge in [-0.3, -0.25) is 4.79 Å². The van der Waals surface area contributed by atoms with Gasteiger partial charge in [-0.25, -0.2) is 4.98 Å². The van der Waals surface area contributed by atoms with Crippen molar-refractivity contribution in [3.8, 4) is 5.75 Å². The van der Waals surface area contributed by atoms with Crippen LogP contribution in [-0.2, 0) is 11.2 Å². The van der Waals surface area contributed by atoms with Crippen LogP contribution in [0.1, 0.15) is 16.8 Å². The second-order valence-corrected chi connectivity index (χ2v) is 8.04. The van der Waals surface area contributed by atoms with Crippen molar-refractivity contribution in [1.82, 2.24) is 14.9 Å². The van der Waals surface area contributed by atoms with Crippen LogP contribution in [0.4, 0.5) is 17.5 Å². The zero-order valence-corrected chi connectivity index (χ0v) is 18.8. The van der Waals surface area contributed by atoms with Gasteiger partial charge in [0.1, 0.15) is 11.6 Å². The molecule has 0 atom stereocenters. The molecule has 0 aliphatic carbocycles. The molecule has 0 saturated carbocycles. The fourth-order valence-electron chi connectivity index (χ4n) is 3.84. The predicted octanol–water partition coefficient (Wildman–Crippen LogP) is 3.74. The van der Waals surface area contributed by atoms with Crippen molar-refractivity contribution < 1.29 is 9.53 Å². The number of hydrogen-bond donors (Lipinski definition) is 1. The number of rotatable bonds is 6. The van der Waals surface area contributed by atoms with Crippen molar-refractivity contribution in [1.29, 1.82) is 0 Å². The fraction of sp³-hybridized carbons (Fsp3) is 0.320. The van der Waals surface area contributed by atoms with Gasteiger partial charge in [0.2, 0.25) is 11.9 Å². The summed E-state index contributed by atoms with van der Waals surface area (Å²) in [5.41, 5.74) is 3.98. The normalized spacial score (nSPS) is 13.7. The monoisotopic (exact) mass is 431 g/mol. The molecule has 0 unspecified atom stereocenters. The van der Waals surface area contributed by atoms with Gasteiger partial charge in [0.05, 0.1) is 13.5 Å². The summed E-state index contributed by atoms with van der Waals surface area (Å²) < 4.78 is 5.38. The van der Waals surface area contributed by atoms with Gasteiger partial charge in [0.15, 0.2) is 0 Å². The Morgan fingerprint density at radius 2 is 1.72 bits per heavy atom. The van der Waals surface area contributed by atoms with Crippen molar-refractivity contribution >= 4 is 23.4 Å². The van der Waals surface area contributed by atoms with E-state index in [1.54, 1.807) is 7.11 Å². The summed E-state index contributed by atoms with van der Waals surface area (Å²) in [6.45, 7) is 6.83. The number of hydrogen-bond acceptors (Lipinski definition) is 6. The lowest BCUT2D eigenvalue weighted by Gasteiger charge is -2.35. The van der Waals surface area contributed by atoms with Crippen LogP contribution < -0.4 is 15.0 Å². The van der Waals surface area contributed by atoms with Gasteiger partial charge in [0.25, 0.3) is 0 Å². The number of benzene rings is 2. The minimum atomic E-state index is 0.120. The first kappa shape index (κ1) is 21.6. The molecule has 2 heterocycles. The zero-order chi connectivity index (χ0) is 22.5. The summed E-state index contributed by atoms with van der Waals surface area (Å²) in [6, 6.07) is 17.8. The molecule has 0 radical (unpaired) electrons. The van der Waals surface area contributed by atoms with Crippen molar-refractivity contribution in [2.24, 2.45) is 0 Å². The Kier molecular flexibility index (Phi) is 6.54. The molecular weight excluding hydrogens is 402 g/mol. The topological polar surface area (TPSA) is 70.6 Å². The molecule has 1 aliphatic heterocycles. The average Bonchev–Trinajstić information content (AvgIpc) is 2.80. The number of nitrogens with zero attached hydrogens (tertiary/aromatic N) is 4. The molecule has 1 N–H and O–H groups in total. The highest BCUT2D eigenvalue weighted by Gasteiger charge is 2.23. The number of anilines is 3. The maximum absolute atomic E-state index is 12.8. The van der Waals surface area contributed by atoms with Gasteiger partial charge >= 0.3 is 0 Å². The molecule has 32 heavy (non-hydrogen) atoms. The van der Waals surface area contributed by atoms with Crippen LogP contribution in [0.3, 0.4) is 0 Å². The lowest BCUT2D eigenvalue weighted by atomic mass is 10.1. The van der Waals surface area contributed by atoms with Gasteiger partial charge in [-0.2, -0.15) is 4.98 Å². The molecule has 7 nitrogen and oxygen atoms in total. The minimum Gasteiger partial charge on any atom is -0.496 e. The maximum Gasteiger partial charge on any atom is 0.229 e. The Bertz CT molecular complexity index is 1080. The Morgan fingerprint density at radius 3 is 2.44 bits per heavy atom. The molecule has 0 spiro atoms. The SMILES string of the molecule is COc1ccccc1CC(=O)N1CCN(c2cc(C)nc(Nc3ccc(C)cc3)n2)CC1. The van der Waals surface area contributed by atoms with Crippen molar-refractivity contribution in [2.75, 3.05) is 43.5 Å². The molecule has 4 rings (SSSR count). The molecule has 2 aromatic carbocycles. The summed E-state index contributed by atoms with van der Waals surface area (Å²) in [5.74, 6) is 2.33. The van der Waals surface area contributed by atoms with Gasteiger partial charge in [-0.15, -0.1) is 0 Å². The minimum absolute atomic E-state index is 0.120. The second-order valence-electron chi connectivity index (χ2n) is 8.04. The molecule has 0 bridgehead atoms. The molecule has 1 amide bonds. The quantitative estimate of drug-likeness (QED) is 0.641. The van der Waals surface area contributed by atoms with Gasteiger partial charge < -0.3 is 19.9 Å². The Morgan fingerprint density at radius 1 is 1.00 bits per heavy atom. The largest absolute Gasteiger partial charge is 0.496 e. The van der Waals surface area contributed by atoms with Crippen LogP contribution in [0.5, 0.6) is 5.75 Å². The van der Waals surface area contributed by atoms with Crippen molar-refractivity contribution in [3.05, 3.63) is 71.4 Å². The molecular formula is C25H29N5O2. The third-order valence-corrected chi connectivity index (χ3v) is 5.64. The lowest BCUT2D eigenvalue weighted by molar-refractivity contribution is -0.130. The third-order valence-electron chi connectivity index (χ3n) is 5.64. The standard InChI is InChI=1S/C25H29N5O2/c1-18-8-10-21(11-9-18)27-25-26-19(2)16-23(28-25)29-12-14-30(15-13-29)24(31)17-20-6-4-5-7-22(20)32-3/h4-11,16H,12-15,17H2,1-3H3,(H,26,27,28). The predicted molar refractivity (Wildman–Crippen MR) is 127 cm³/mol. The summed E-state index contributed by atoms with van der Waals surface area (Å²) in [4.78, 5) is 26.2. The van der Waals surface area contributed by atoms with E-state index in [9.17, 15) is 4.79 Å². The van der Waals surface area contributed by atoms with Crippen LogP contribution in [0, 0.1) is 13.8 Å². The molecule has 1 aliphatic rings. The lowest BCUT2D eigenvalue weighted by Crippen LogP contribution is -2.49. The number of methoxy groups -OCH3 is 1. The number of aromatic nitrogens is 2. The summed E-state index contributed by atoms with van der Waals surface area (Å²) in [5, 5.41) is 3.29. The fourth-order valence-corrected chi connectivity index (χ4v) is 3.84. The number of carbonyl (C=O) groups excluding carboxylic acids is 1. The average molecular weight is 432 g/mol. The van der Waals surface area contributed by atoms with Crippen LogP contribution in [0.15, 0.2) is 54.6 Å². The van der Waals surface area contributed by atoms with Crippen LogP contribution >= 0.6 is 0 Å². The highest BCUT2D eigenvalue weighted by Crippen LogP contribution is 2.22. The van der Waals surface area contributed by atoms with Crippen LogP contribution in [0.25, 0.3) is 0 Å². The van der Waals surface area contributed by atoms with E-state index in [0.717, 1.165) is 41.6 Å². The van der Waals surface area contributed by atoms with Gasteiger partial charge in [0, 0.05) is 49.2 Å². The van der Waals surface area contributed by atoms with E-state index in [0.29, 0.717) is 25.5 Å². The van der Waals surface area contributed by atoms with Crippen LogP contribution in [0.2, 0.25) is 0 Å². The number of ether oxygens (including phenoxy) is 1. The molecule has 1 aromatic heterocycles. The first-order valence-electron chi connectivity index (χ1n) is 10.9. The molecule has 1 saturated heterocycles. The van der Waals surface area contributed by atoms with Crippen molar-refractivity contribution in [2.45, 2.75) is 20.3 Å². The number of aryl methyl sites for hydroxylation is 2. The molecule has 1 fully saturated rings. The number of nitrogens with one attached hydrogen (secondary N) is 1. The Labute approximate surface area is 189 Å². The van der Waals surface area contributed by atoms with E-state index in [-0.39, 0.29) is 5.91 Å². The molecule has 7 heteroatoms. The smallest absolute Gasteiger partial charge is 0.229 e. The summed E-state index contributed by atoms with van der Waals surface area (Å²) in [7, 11) is 1.63. The Balaban J connectivity index is 1.39. The van der Waals surface area contributed by atoms with E-state index < -0.39 is 0 Å². The molecule has 3 aromatic rings. The zero-order valence-electron chi connectivity index (χ0n) is 18.8. The first-order chi connectivity index (χ1) is 15.5. The van der Waals surface area contributed by atoms with Gasteiger partial charge in [-0.05, 0) is 32.0 Å². The summed E-state index contributed by atoms with van der Waals surface area (Å²) in [6.07, 6.45) is 0.348. The highest BCUT2D eigenvalue weighted by molar-refractivity contribution is 5.79. The number of amides is 1. The van der Waals surface area contributed by atoms with E-state index in [1.807, 2.05) is 54.3 Å². The second kappa shape index (κ2) is 9.68. The number of piperazine rings is 1. The van der Waals surface area contributed by atoms with E-state index in [4.69, 9.17) is 9.72 Å². The van der Waals surface area contributed by atoms with E-state index in [1.165, 1.54) is 5.56 Å². The van der Waals surface area contributed by atoms with Crippen molar-refractivity contribution in [3.63, 3.8) is 0 Å². The first-order valence-corrected chi connectivity index (χ1v) is 10.9. The number of carbonyl (C=O) groups is 1. The highest BCUT2D eigenvalue weighted by atomic mass is 16.5. The summed E-state index contributed by atoms with van der Waals surface area (Å²) >= 11 is 0. The van der Waals surface area contributed by atoms with E-state index >= 15 is 0 Å². The third kappa shape index (κ3) is 5.17. The maximum atomic E-state index is 12.8. The van der Waals surface area contributed by atoms with Crippen LogP contribution in [-0.4, -0.2) is 54.1 Å². The molecule has 166 valence electrons.